The van der Waals surface area contributed by atoms with Crippen molar-refractivity contribution in [3.05, 3.63) is 11.3 Å². The summed E-state index contributed by atoms with van der Waals surface area (Å²) in [6.45, 7) is 8.48. The molecule has 0 heterocycles. The van der Waals surface area contributed by atoms with E-state index in [-0.39, 0.29) is 0 Å². The molecule has 0 fully saturated rings. The van der Waals surface area contributed by atoms with Crippen molar-refractivity contribution in [1.29, 1.82) is 0 Å². The molecule has 0 aliphatic carbocycles. The summed E-state index contributed by atoms with van der Waals surface area (Å²) in [5.41, 5.74) is 2.97. The molecule has 0 aromatic heterocycles. The highest BCUT2D eigenvalue weighted by Gasteiger charge is 2.07. The van der Waals surface area contributed by atoms with E-state index in [1.54, 1.807) is 0 Å². The first-order valence-corrected chi connectivity index (χ1v) is 6.68. The number of hydrogen-bond acceptors (Lipinski definition) is 1. The van der Waals surface area contributed by atoms with Crippen LogP contribution in [0, 0.1) is 0 Å². The van der Waals surface area contributed by atoms with Gasteiger partial charge in [-0.2, -0.15) is 0 Å². The zero-order valence-corrected chi connectivity index (χ0v) is 7.56. The maximum absolute atomic E-state index is 10.1. The van der Waals surface area contributed by atoms with Crippen LogP contribution in [0.25, 0.3) is 0 Å². The van der Waals surface area contributed by atoms with Gasteiger partial charge in [0.05, 0.1) is 8.07 Å². The third-order valence-corrected chi connectivity index (χ3v) is 2.17. The minimum Gasteiger partial charge on any atom is -0.298 e. The molecular formula is C7H14OSi. The number of rotatable bonds is 2. The lowest BCUT2D eigenvalue weighted by Gasteiger charge is -2.08. The molecule has 0 aliphatic heterocycles. The smallest absolute Gasteiger partial charge is 0.145 e. The van der Waals surface area contributed by atoms with Crippen LogP contribution in [-0.2, 0) is 4.79 Å². The molecule has 2 heteroatoms. The van der Waals surface area contributed by atoms with Crippen molar-refractivity contribution in [3.63, 3.8) is 0 Å². The largest absolute Gasteiger partial charge is 0.298 e. The van der Waals surface area contributed by atoms with Crippen molar-refractivity contribution >= 4 is 14.4 Å². The lowest BCUT2D eigenvalue weighted by Crippen LogP contribution is -2.16. The van der Waals surface area contributed by atoms with Gasteiger partial charge in [0, 0.05) is 0 Å². The molecule has 0 aromatic carbocycles. The molecule has 0 amide bonds. The van der Waals surface area contributed by atoms with Gasteiger partial charge in [0.2, 0.25) is 0 Å². The summed E-state index contributed by atoms with van der Waals surface area (Å²) in [5, 5.41) is 0. The van der Waals surface area contributed by atoms with Crippen molar-refractivity contribution in [2.24, 2.45) is 0 Å². The van der Waals surface area contributed by atoms with Gasteiger partial charge >= 0.3 is 0 Å². The Hall–Kier alpha value is -0.373. The highest BCUT2D eigenvalue weighted by atomic mass is 28.3. The highest BCUT2D eigenvalue weighted by Crippen LogP contribution is 2.04. The van der Waals surface area contributed by atoms with Gasteiger partial charge in [-0.15, -0.1) is 0 Å². The predicted molar refractivity (Wildman–Crippen MR) is 43.2 cm³/mol. The third kappa shape index (κ3) is 5.50. The van der Waals surface area contributed by atoms with Crippen LogP contribution in [0.4, 0.5) is 0 Å². The van der Waals surface area contributed by atoms with E-state index in [0.29, 0.717) is 0 Å². The molecule has 0 aliphatic rings. The Bertz CT molecular complexity index is 130. The van der Waals surface area contributed by atoms with E-state index in [9.17, 15) is 4.79 Å². The fraction of sp³-hybridized carbons (Fsp3) is 0.571. The molecule has 52 valence electrons. The van der Waals surface area contributed by atoms with E-state index >= 15 is 0 Å². The summed E-state index contributed by atoms with van der Waals surface area (Å²) in [5.74, 6) is 0. The fourth-order valence-corrected chi connectivity index (χ4v) is 2.15. The second-order valence-electron chi connectivity index (χ2n) is 3.37. The Morgan fingerprint density at radius 2 is 1.78 bits per heavy atom. The van der Waals surface area contributed by atoms with E-state index in [4.69, 9.17) is 0 Å². The maximum Gasteiger partial charge on any atom is 0.145 e. The molecule has 0 spiro atoms. The monoisotopic (exact) mass is 142 g/mol. The third-order valence-electron chi connectivity index (χ3n) is 0.847. The quantitative estimate of drug-likeness (QED) is 0.327. The number of hydrogen-bond donors (Lipinski definition) is 0. The summed E-state index contributed by atoms with van der Waals surface area (Å²) in [6.07, 6.45) is 0.915. The molecule has 0 unspecified atom stereocenters. The second-order valence-corrected chi connectivity index (χ2v) is 8.39. The molecule has 1 nitrogen and oxygen atoms in total. The maximum atomic E-state index is 10.1. The standard InChI is InChI=1S/C7H14OSi/c1-7(5-8)6-9(2,3)4/h5-6H,1-4H3/b7-6+. The van der Waals surface area contributed by atoms with Crippen molar-refractivity contribution in [2.75, 3.05) is 0 Å². The predicted octanol–water partition coefficient (Wildman–Crippen LogP) is 2.01. The lowest BCUT2D eigenvalue weighted by molar-refractivity contribution is -0.104. The summed E-state index contributed by atoms with van der Waals surface area (Å²) >= 11 is 0. The fourth-order valence-electron chi connectivity index (χ4n) is 0.717. The molecule has 0 bridgehead atoms. The molecule has 0 saturated carbocycles. The van der Waals surface area contributed by atoms with Crippen LogP contribution >= 0.6 is 0 Å². The highest BCUT2D eigenvalue weighted by molar-refractivity contribution is 6.81. The minimum absolute atomic E-state index is 0.870. The molecule has 0 N–H and O–H groups in total. The zero-order chi connectivity index (χ0) is 7.49. The van der Waals surface area contributed by atoms with E-state index < -0.39 is 8.07 Å². The Balaban J connectivity index is 4.11. The Morgan fingerprint density at radius 3 is 1.89 bits per heavy atom. The van der Waals surface area contributed by atoms with E-state index in [1.807, 2.05) is 6.92 Å². The van der Waals surface area contributed by atoms with Gasteiger partial charge in [0.25, 0.3) is 0 Å². The van der Waals surface area contributed by atoms with Crippen molar-refractivity contribution in [1.82, 2.24) is 0 Å². The Morgan fingerprint density at radius 1 is 1.33 bits per heavy atom. The molecule has 0 rings (SSSR count). The van der Waals surface area contributed by atoms with Crippen LogP contribution in [0.2, 0.25) is 19.6 Å². The van der Waals surface area contributed by atoms with Gasteiger partial charge in [-0.3, -0.25) is 4.79 Å². The summed E-state index contributed by atoms with van der Waals surface area (Å²) in [6, 6.07) is 0. The normalized spacial score (nSPS) is 13.6. The topological polar surface area (TPSA) is 17.1 Å². The number of aldehydes is 1. The summed E-state index contributed by atoms with van der Waals surface area (Å²) in [4.78, 5) is 10.1. The second kappa shape index (κ2) is 2.97. The summed E-state index contributed by atoms with van der Waals surface area (Å²) < 4.78 is 0. The van der Waals surface area contributed by atoms with Crippen molar-refractivity contribution in [3.8, 4) is 0 Å². The lowest BCUT2D eigenvalue weighted by atomic mass is 10.4. The van der Waals surface area contributed by atoms with Crippen LogP contribution in [0.3, 0.4) is 0 Å². The Kier molecular flexibility index (Phi) is 2.84. The first-order valence-electron chi connectivity index (χ1n) is 3.10. The van der Waals surface area contributed by atoms with Crippen LogP contribution in [0.1, 0.15) is 6.92 Å². The average molecular weight is 142 g/mol. The SMILES string of the molecule is C/C(C=O)=C\[Si](C)(C)C. The number of carbonyl (C=O) groups excluding carboxylic acids is 1. The molecule has 0 aromatic rings. The molecule has 0 saturated heterocycles. The molecule has 9 heavy (non-hydrogen) atoms. The molecule has 0 radical (unpaired) electrons. The number of carbonyl (C=O) groups is 1. The molecule has 0 atom stereocenters. The zero-order valence-electron chi connectivity index (χ0n) is 6.56. The van der Waals surface area contributed by atoms with Gasteiger partial charge in [-0.05, 0) is 12.5 Å². The van der Waals surface area contributed by atoms with Crippen molar-refractivity contribution < 1.29 is 4.79 Å². The van der Waals surface area contributed by atoms with Crippen LogP contribution in [0.15, 0.2) is 11.3 Å². The van der Waals surface area contributed by atoms with Crippen LogP contribution in [-0.4, -0.2) is 14.4 Å². The van der Waals surface area contributed by atoms with E-state index in [0.717, 1.165) is 11.9 Å². The first-order chi connectivity index (χ1) is 3.95. The van der Waals surface area contributed by atoms with Gasteiger partial charge in [0.15, 0.2) is 0 Å². The Labute approximate surface area is 57.8 Å². The van der Waals surface area contributed by atoms with Gasteiger partial charge in [-0.1, -0.05) is 25.3 Å². The van der Waals surface area contributed by atoms with E-state index in [1.165, 1.54) is 0 Å². The number of allylic oxidation sites excluding steroid dienone is 1. The van der Waals surface area contributed by atoms with Gasteiger partial charge < -0.3 is 0 Å². The van der Waals surface area contributed by atoms with Crippen LogP contribution < -0.4 is 0 Å². The van der Waals surface area contributed by atoms with Crippen molar-refractivity contribution in [2.45, 2.75) is 26.6 Å². The molecular weight excluding hydrogens is 128 g/mol. The minimum atomic E-state index is -1.13. The van der Waals surface area contributed by atoms with Crippen LogP contribution in [0.5, 0.6) is 0 Å². The van der Waals surface area contributed by atoms with Gasteiger partial charge in [0.1, 0.15) is 6.29 Å². The first kappa shape index (κ1) is 8.63. The van der Waals surface area contributed by atoms with E-state index in [2.05, 4.69) is 25.3 Å². The van der Waals surface area contributed by atoms with Gasteiger partial charge in [-0.25, -0.2) is 0 Å². The summed E-state index contributed by atoms with van der Waals surface area (Å²) in [7, 11) is -1.13. The average Bonchev–Trinajstić information content (AvgIpc) is 1.62.